The molecule has 272 valence electrons. The van der Waals surface area contributed by atoms with Gasteiger partial charge < -0.3 is 9.80 Å². The molecule has 4 heteroatoms. The zero-order valence-corrected chi connectivity index (χ0v) is 33.3. The van der Waals surface area contributed by atoms with Gasteiger partial charge in [-0.25, -0.2) is 0 Å². The molecule has 0 fully saturated rings. The highest BCUT2D eigenvalue weighted by molar-refractivity contribution is 7.26. The van der Waals surface area contributed by atoms with E-state index in [1.54, 1.807) is 0 Å². The Hall–Kier alpha value is -5.94. The number of allylic oxidation sites excluding steroid dienone is 8. The van der Waals surface area contributed by atoms with E-state index >= 15 is 0 Å². The van der Waals surface area contributed by atoms with Gasteiger partial charge in [-0.2, -0.15) is 0 Å². The van der Waals surface area contributed by atoms with Crippen LogP contribution in [-0.2, 0) is 6.42 Å². The van der Waals surface area contributed by atoms with Crippen molar-refractivity contribution in [3.8, 4) is 0 Å². The monoisotopic (exact) mass is 758 g/mol. The lowest BCUT2D eigenvalue weighted by Gasteiger charge is -2.32. The maximum Gasteiger partial charge on any atom is 0.0560 e. The molecule has 0 aliphatic heterocycles. The Labute approximate surface area is 336 Å². The first-order valence-corrected chi connectivity index (χ1v) is 21.2. The number of hydrogen-bond donors (Lipinski definition) is 0. The lowest BCUT2D eigenvalue weighted by Crippen LogP contribution is -2.22. The molecule has 0 amide bonds. The molecule has 1 unspecified atom stereocenters. The van der Waals surface area contributed by atoms with Crippen molar-refractivity contribution in [2.24, 2.45) is 5.92 Å². The van der Waals surface area contributed by atoms with Gasteiger partial charge in [0, 0.05) is 68.9 Å². The van der Waals surface area contributed by atoms with Crippen LogP contribution in [-0.4, -0.2) is 0 Å². The molecule has 0 N–H and O–H groups in total. The third kappa shape index (κ3) is 5.75. The summed E-state index contributed by atoms with van der Waals surface area (Å²) in [5.74, 6) is 0.509. The second-order valence-corrected chi connectivity index (χ2v) is 17.0. The van der Waals surface area contributed by atoms with Crippen LogP contribution in [0.25, 0.3) is 57.9 Å². The standard InChI is InChI=1S/C52H42N2S2/c1-4-6-17-36(5-2)53(38-27-25-34(3)26-28-38)46-31-35-16-10-11-20-40(35)52-51(46)44-32-39(29-30-48(44)56-52)54(37-18-8-7-9-19-37)45-33-49-50(42-22-13-12-21-41(42)45)43-23-14-15-24-47(43)55-49/h4-25,27-28,31-34H,2,26,29-30H2,1,3H3/b6-4-,36-17+. The van der Waals surface area contributed by atoms with E-state index in [0.717, 1.165) is 25.0 Å². The maximum absolute atomic E-state index is 4.34. The number of thiophene rings is 2. The fraction of sp³-hybridized carbons (Fsp3) is 0.115. The van der Waals surface area contributed by atoms with Gasteiger partial charge in [0.05, 0.1) is 11.4 Å². The van der Waals surface area contributed by atoms with E-state index in [4.69, 9.17) is 0 Å². The Morgan fingerprint density at radius 1 is 0.750 bits per heavy atom. The summed E-state index contributed by atoms with van der Waals surface area (Å²) in [6.07, 6.45) is 20.9. The van der Waals surface area contributed by atoms with Gasteiger partial charge in [-0.05, 0) is 103 Å². The third-order valence-electron chi connectivity index (χ3n) is 11.3. The van der Waals surface area contributed by atoms with Crippen molar-refractivity contribution in [3.05, 3.63) is 192 Å². The molecule has 2 aliphatic carbocycles. The Morgan fingerprint density at radius 2 is 1.50 bits per heavy atom. The lowest BCUT2D eigenvalue weighted by atomic mass is 9.94. The quantitative estimate of drug-likeness (QED) is 0.142. The number of fused-ring (bicyclic) bond motifs is 10. The van der Waals surface area contributed by atoms with E-state index in [-0.39, 0.29) is 0 Å². The highest BCUT2D eigenvalue weighted by atomic mass is 32.1. The summed E-state index contributed by atoms with van der Waals surface area (Å²) >= 11 is 3.87. The van der Waals surface area contributed by atoms with E-state index < -0.39 is 0 Å². The molecule has 10 rings (SSSR count). The number of rotatable bonds is 8. The summed E-state index contributed by atoms with van der Waals surface area (Å²) < 4.78 is 3.99. The normalized spacial score (nSPS) is 15.9. The second kappa shape index (κ2) is 14.3. The van der Waals surface area contributed by atoms with Gasteiger partial charge in [0.2, 0.25) is 0 Å². The van der Waals surface area contributed by atoms with E-state index in [9.17, 15) is 0 Å². The fourth-order valence-electron chi connectivity index (χ4n) is 8.69. The molecule has 0 radical (unpaired) electrons. The van der Waals surface area contributed by atoms with Crippen molar-refractivity contribution in [1.29, 1.82) is 0 Å². The molecule has 8 aromatic rings. The van der Waals surface area contributed by atoms with Gasteiger partial charge in [-0.1, -0.05) is 123 Å². The number of benzene rings is 6. The first-order chi connectivity index (χ1) is 27.6. The number of para-hydroxylation sites is 1. The molecule has 1 atom stereocenters. The summed E-state index contributed by atoms with van der Waals surface area (Å²) in [4.78, 5) is 6.43. The zero-order chi connectivity index (χ0) is 37.8. The van der Waals surface area contributed by atoms with Crippen molar-refractivity contribution in [1.82, 2.24) is 0 Å². The van der Waals surface area contributed by atoms with Crippen LogP contribution >= 0.6 is 22.7 Å². The van der Waals surface area contributed by atoms with Gasteiger partial charge in [-0.15, -0.1) is 22.7 Å². The molecule has 56 heavy (non-hydrogen) atoms. The predicted molar refractivity (Wildman–Crippen MR) is 248 cm³/mol. The van der Waals surface area contributed by atoms with Crippen molar-refractivity contribution in [2.45, 2.75) is 33.1 Å². The second-order valence-electron chi connectivity index (χ2n) is 14.8. The van der Waals surface area contributed by atoms with Gasteiger partial charge >= 0.3 is 0 Å². The smallest absolute Gasteiger partial charge is 0.0560 e. The van der Waals surface area contributed by atoms with E-state index in [1.807, 2.05) is 28.7 Å². The topological polar surface area (TPSA) is 6.48 Å². The minimum atomic E-state index is 0.509. The van der Waals surface area contributed by atoms with Crippen LogP contribution in [0.15, 0.2) is 181 Å². The van der Waals surface area contributed by atoms with Crippen LogP contribution < -0.4 is 9.80 Å². The molecule has 0 saturated carbocycles. The minimum Gasteiger partial charge on any atom is -0.314 e. The Balaban J connectivity index is 1.25. The Kier molecular flexibility index (Phi) is 8.81. The molecule has 2 aliphatic rings. The summed E-state index contributed by atoms with van der Waals surface area (Å²) in [7, 11) is 0. The number of aryl methyl sites for hydroxylation is 1. The van der Waals surface area contributed by atoms with E-state index in [0.29, 0.717) is 5.92 Å². The molecular weight excluding hydrogens is 717 g/mol. The Bertz CT molecular complexity index is 3000. The zero-order valence-electron chi connectivity index (χ0n) is 31.7. The summed E-state index contributed by atoms with van der Waals surface area (Å²) in [6.45, 7) is 8.69. The highest BCUT2D eigenvalue weighted by Crippen LogP contribution is 2.50. The molecule has 0 saturated heterocycles. The lowest BCUT2D eigenvalue weighted by molar-refractivity contribution is 0.728. The highest BCUT2D eigenvalue weighted by Gasteiger charge is 2.28. The molecule has 0 bridgehead atoms. The van der Waals surface area contributed by atoms with E-state index in [2.05, 4.69) is 188 Å². The first-order valence-electron chi connectivity index (χ1n) is 19.6. The molecule has 6 aromatic carbocycles. The average Bonchev–Trinajstić information content (AvgIpc) is 3.82. The molecular formula is C52H42N2S2. The molecule has 2 aromatic heterocycles. The number of hydrogen-bond acceptors (Lipinski definition) is 4. The fourth-order valence-corrected chi connectivity index (χ4v) is 11.2. The van der Waals surface area contributed by atoms with Crippen LogP contribution in [0.3, 0.4) is 0 Å². The third-order valence-corrected chi connectivity index (χ3v) is 13.7. The summed E-state index contributed by atoms with van der Waals surface area (Å²) in [5, 5.41) is 9.11. The largest absolute Gasteiger partial charge is 0.314 e. The van der Waals surface area contributed by atoms with Gasteiger partial charge in [0.25, 0.3) is 0 Å². The van der Waals surface area contributed by atoms with Gasteiger partial charge in [-0.3, -0.25) is 0 Å². The van der Waals surface area contributed by atoms with Crippen molar-refractivity contribution < 1.29 is 0 Å². The van der Waals surface area contributed by atoms with Crippen LogP contribution in [0.5, 0.6) is 0 Å². The van der Waals surface area contributed by atoms with Crippen LogP contribution in [0.2, 0.25) is 0 Å². The summed E-state index contributed by atoms with van der Waals surface area (Å²) in [5.41, 5.74) is 8.46. The summed E-state index contributed by atoms with van der Waals surface area (Å²) in [6, 6.07) is 42.6. The van der Waals surface area contributed by atoms with Crippen molar-refractivity contribution >= 4 is 97.6 Å². The van der Waals surface area contributed by atoms with Gasteiger partial charge in [0.1, 0.15) is 0 Å². The number of nitrogens with zero attached hydrogens (tertiary/aromatic N) is 2. The Morgan fingerprint density at radius 3 is 2.29 bits per heavy atom. The molecule has 2 heterocycles. The van der Waals surface area contributed by atoms with Crippen molar-refractivity contribution in [2.75, 3.05) is 9.80 Å². The first kappa shape index (κ1) is 34.5. The maximum atomic E-state index is 4.34. The molecule has 2 nitrogen and oxygen atoms in total. The SMILES string of the molecule is C=C/C(=C\C=C/C)N(C1=CCC(C)C=C1)c1cc2ccccc2c2sc3c(c12)C=C(N(c1ccccc1)c1cc2sc4ccccc4c2c2ccccc12)CC3. The average molecular weight is 759 g/mol. The van der Waals surface area contributed by atoms with Crippen molar-refractivity contribution in [3.63, 3.8) is 0 Å². The molecule has 0 spiro atoms. The predicted octanol–water partition coefficient (Wildman–Crippen LogP) is 15.6. The van der Waals surface area contributed by atoms with E-state index in [1.165, 1.54) is 90.7 Å². The van der Waals surface area contributed by atoms with Gasteiger partial charge in [0.15, 0.2) is 0 Å². The van der Waals surface area contributed by atoms with Crippen LogP contribution in [0.1, 0.15) is 37.1 Å². The minimum absolute atomic E-state index is 0.509. The number of anilines is 3. The van der Waals surface area contributed by atoms with Crippen LogP contribution in [0, 0.1) is 5.92 Å². The van der Waals surface area contributed by atoms with Crippen LogP contribution in [0.4, 0.5) is 17.1 Å².